The van der Waals surface area contributed by atoms with Crippen LogP contribution in [0.2, 0.25) is 0 Å². The highest BCUT2D eigenvalue weighted by Crippen LogP contribution is 2.19. The number of nitrogens with one attached hydrogen (secondary N) is 2. The minimum absolute atomic E-state index is 0.0612. The zero-order valence-corrected chi connectivity index (χ0v) is 13.9. The van der Waals surface area contributed by atoms with Gasteiger partial charge in [-0.15, -0.1) is 0 Å². The number of carbonyl (C=O) groups is 2. The first-order chi connectivity index (χ1) is 10.9. The summed E-state index contributed by atoms with van der Waals surface area (Å²) in [7, 11) is 0. The lowest BCUT2D eigenvalue weighted by atomic mass is 10.1. The fourth-order valence-electron chi connectivity index (χ4n) is 3.13. The van der Waals surface area contributed by atoms with Crippen LogP contribution in [0.25, 0.3) is 0 Å². The van der Waals surface area contributed by atoms with E-state index in [1.165, 1.54) is 16.7 Å². The Morgan fingerprint density at radius 1 is 1.22 bits per heavy atom. The number of amides is 3. The number of urea groups is 1. The Bertz CT molecular complexity index is 553. The van der Waals surface area contributed by atoms with Gasteiger partial charge in [-0.05, 0) is 38.3 Å². The molecule has 0 radical (unpaired) electrons. The summed E-state index contributed by atoms with van der Waals surface area (Å²) in [6, 6.07) is 5.97. The topological polar surface area (TPSA) is 87.5 Å². The number of likely N-dealkylation sites (tertiary alicyclic amines) is 1. The van der Waals surface area contributed by atoms with Crippen molar-refractivity contribution in [1.29, 1.82) is 0 Å². The number of nitrogens with zero attached hydrogens (tertiary/aromatic N) is 1. The molecular formula is C17H26N4O2. The summed E-state index contributed by atoms with van der Waals surface area (Å²) in [6.07, 6.45) is 1.08. The highest BCUT2D eigenvalue weighted by Gasteiger charge is 2.22. The molecule has 3 amide bonds. The van der Waals surface area contributed by atoms with Crippen molar-refractivity contribution in [2.75, 3.05) is 26.2 Å². The quantitative estimate of drug-likeness (QED) is 0.728. The fraction of sp³-hybridized carbons (Fsp3) is 0.529. The molecule has 1 atom stereocenters. The molecule has 0 aliphatic carbocycles. The first-order valence-electron chi connectivity index (χ1n) is 8.02. The second-order valence-electron chi connectivity index (χ2n) is 6.41. The molecule has 1 aliphatic rings. The van der Waals surface area contributed by atoms with Gasteiger partial charge in [0.1, 0.15) is 0 Å². The molecule has 126 valence electrons. The van der Waals surface area contributed by atoms with E-state index in [1.54, 1.807) is 0 Å². The smallest absolute Gasteiger partial charge is 0.312 e. The second-order valence-corrected chi connectivity index (χ2v) is 6.41. The van der Waals surface area contributed by atoms with Crippen molar-refractivity contribution in [1.82, 2.24) is 15.5 Å². The fourth-order valence-corrected chi connectivity index (χ4v) is 3.13. The maximum Gasteiger partial charge on any atom is 0.312 e. The van der Waals surface area contributed by atoms with Crippen molar-refractivity contribution < 1.29 is 9.59 Å². The maximum atomic E-state index is 11.6. The van der Waals surface area contributed by atoms with Gasteiger partial charge in [-0.1, -0.05) is 29.3 Å². The average Bonchev–Trinajstić information content (AvgIpc) is 2.89. The van der Waals surface area contributed by atoms with Gasteiger partial charge in [0.25, 0.3) is 0 Å². The van der Waals surface area contributed by atoms with E-state index in [0.717, 1.165) is 26.1 Å². The average molecular weight is 318 g/mol. The number of benzene rings is 1. The summed E-state index contributed by atoms with van der Waals surface area (Å²) in [5.41, 5.74) is 8.87. The summed E-state index contributed by atoms with van der Waals surface area (Å²) in [5, 5.41) is 5.14. The monoisotopic (exact) mass is 318 g/mol. The Kier molecular flexibility index (Phi) is 5.98. The summed E-state index contributed by atoms with van der Waals surface area (Å²) in [4.78, 5) is 24.5. The molecule has 1 heterocycles. The predicted molar refractivity (Wildman–Crippen MR) is 89.9 cm³/mol. The zero-order valence-electron chi connectivity index (χ0n) is 13.9. The number of primary amides is 1. The summed E-state index contributed by atoms with van der Waals surface area (Å²) >= 11 is 0. The van der Waals surface area contributed by atoms with Gasteiger partial charge in [0.05, 0.1) is 6.54 Å². The molecule has 0 aromatic heterocycles. The van der Waals surface area contributed by atoms with E-state index in [4.69, 9.17) is 5.73 Å². The van der Waals surface area contributed by atoms with Crippen LogP contribution in [0.1, 0.15) is 23.1 Å². The minimum atomic E-state index is -0.680. The molecule has 4 N–H and O–H groups in total. The Morgan fingerprint density at radius 3 is 2.57 bits per heavy atom. The van der Waals surface area contributed by atoms with E-state index in [2.05, 4.69) is 47.6 Å². The van der Waals surface area contributed by atoms with Crippen LogP contribution in [0.4, 0.5) is 4.79 Å². The minimum Gasteiger partial charge on any atom is -0.354 e. The van der Waals surface area contributed by atoms with Gasteiger partial charge in [-0.3, -0.25) is 9.69 Å². The van der Waals surface area contributed by atoms with Gasteiger partial charge in [-0.25, -0.2) is 4.79 Å². The van der Waals surface area contributed by atoms with Crippen molar-refractivity contribution in [3.05, 3.63) is 34.9 Å². The lowest BCUT2D eigenvalue weighted by Crippen LogP contribution is -2.41. The normalized spacial score (nSPS) is 17.9. The lowest BCUT2D eigenvalue weighted by Gasteiger charge is -2.17. The number of carbonyl (C=O) groups excluding carboxylic acids is 2. The molecule has 1 unspecified atom stereocenters. The molecule has 23 heavy (non-hydrogen) atoms. The number of rotatable bonds is 6. The Balaban J connectivity index is 1.73. The van der Waals surface area contributed by atoms with Crippen molar-refractivity contribution in [2.45, 2.75) is 26.8 Å². The van der Waals surface area contributed by atoms with Crippen LogP contribution < -0.4 is 16.4 Å². The third kappa shape index (κ3) is 5.90. The second kappa shape index (κ2) is 7.97. The van der Waals surface area contributed by atoms with E-state index >= 15 is 0 Å². The molecule has 1 aromatic rings. The molecule has 1 fully saturated rings. The third-order valence-corrected chi connectivity index (χ3v) is 4.07. The molecular weight excluding hydrogens is 292 g/mol. The predicted octanol–water partition coefficient (Wildman–Crippen LogP) is 0.910. The van der Waals surface area contributed by atoms with Crippen molar-refractivity contribution >= 4 is 11.9 Å². The molecule has 2 rings (SSSR count). The molecule has 1 aromatic carbocycles. The third-order valence-electron chi connectivity index (χ3n) is 4.07. The Hall–Kier alpha value is -2.08. The number of hydrogen-bond donors (Lipinski definition) is 3. The van der Waals surface area contributed by atoms with E-state index < -0.39 is 6.03 Å². The van der Waals surface area contributed by atoms with Crippen LogP contribution in [-0.2, 0) is 11.3 Å². The molecule has 0 saturated carbocycles. The van der Waals surface area contributed by atoms with Gasteiger partial charge in [-0.2, -0.15) is 0 Å². The summed E-state index contributed by atoms with van der Waals surface area (Å²) < 4.78 is 0. The molecule has 6 heteroatoms. The largest absolute Gasteiger partial charge is 0.354 e. The van der Waals surface area contributed by atoms with Crippen LogP contribution in [0, 0.1) is 19.8 Å². The van der Waals surface area contributed by atoms with Crippen LogP contribution in [0.15, 0.2) is 18.2 Å². The highest BCUT2D eigenvalue weighted by molar-refractivity contribution is 5.83. The van der Waals surface area contributed by atoms with Crippen LogP contribution in [-0.4, -0.2) is 43.0 Å². The number of hydrogen-bond acceptors (Lipinski definition) is 3. The van der Waals surface area contributed by atoms with Crippen LogP contribution >= 0.6 is 0 Å². The Labute approximate surface area is 137 Å². The Morgan fingerprint density at radius 2 is 1.91 bits per heavy atom. The maximum absolute atomic E-state index is 11.6. The van der Waals surface area contributed by atoms with Crippen molar-refractivity contribution in [3.8, 4) is 0 Å². The van der Waals surface area contributed by atoms with Gasteiger partial charge in [0.15, 0.2) is 0 Å². The van der Waals surface area contributed by atoms with Crippen LogP contribution in [0.3, 0.4) is 0 Å². The standard InChI is InChI=1S/C17H26N4O2/c1-12-5-13(2)7-15(6-12)11-21-4-3-14(10-21)8-19-16(22)9-20-17(18)23/h5-7,14H,3-4,8-11H2,1-2H3,(H,19,22)(H3,18,20,23). The van der Waals surface area contributed by atoms with Gasteiger partial charge in [0, 0.05) is 19.6 Å². The molecule has 1 aliphatic heterocycles. The van der Waals surface area contributed by atoms with Gasteiger partial charge >= 0.3 is 6.03 Å². The number of aryl methyl sites for hydroxylation is 2. The van der Waals surface area contributed by atoms with Crippen molar-refractivity contribution in [2.24, 2.45) is 11.7 Å². The summed E-state index contributed by atoms with van der Waals surface area (Å²) in [5.74, 6) is 0.259. The lowest BCUT2D eigenvalue weighted by molar-refractivity contribution is -0.120. The molecule has 0 bridgehead atoms. The molecule has 1 saturated heterocycles. The van der Waals surface area contributed by atoms with E-state index in [9.17, 15) is 9.59 Å². The first kappa shape index (κ1) is 17.3. The summed E-state index contributed by atoms with van der Waals surface area (Å²) in [6.45, 7) is 7.81. The first-order valence-corrected chi connectivity index (χ1v) is 8.02. The van der Waals surface area contributed by atoms with E-state index in [1.807, 2.05) is 0 Å². The number of nitrogens with two attached hydrogens (primary N) is 1. The zero-order chi connectivity index (χ0) is 16.8. The van der Waals surface area contributed by atoms with E-state index in [0.29, 0.717) is 12.5 Å². The van der Waals surface area contributed by atoms with Gasteiger partial charge in [0.2, 0.25) is 5.91 Å². The van der Waals surface area contributed by atoms with Gasteiger partial charge < -0.3 is 16.4 Å². The molecule has 6 nitrogen and oxygen atoms in total. The van der Waals surface area contributed by atoms with Crippen LogP contribution in [0.5, 0.6) is 0 Å². The SMILES string of the molecule is Cc1cc(C)cc(CN2CCC(CNC(=O)CNC(N)=O)C2)c1. The van der Waals surface area contributed by atoms with E-state index in [-0.39, 0.29) is 12.5 Å². The highest BCUT2D eigenvalue weighted by atomic mass is 16.2. The van der Waals surface area contributed by atoms with Crippen molar-refractivity contribution in [3.63, 3.8) is 0 Å². The molecule has 0 spiro atoms.